The molecule has 0 bridgehead atoms. The third kappa shape index (κ3) is 2.56. The van der Waals surface area contributed by atoms with E-state index >= 15 is 0 Å². The Hall–Kier alpha value is -1.02. The molecule has 1 heterocycles. The molecule has 1 saturated heterocycles. The topological polar surface area (TPSA) is 21.3 Å². The Morgan fingerprint density at radius 2 is 1.81 bits per heavy atom. The fraction of sp³-hybridized carbons (Fsp3) is 0.571. The lowest BCUT2D eigenvalue weighted by molar-refractivity contribution is 0.0555. The molecule has 0 amide bonds. The summed E-state index contributed by atoms with van der Waals surface area (Å²) in [5.41, 5.74) is 2.63. The van der Waals surface area contributed by atoms with Gasteiger partial charge >= 0.3 is 0 Å². The van der Waals surface area contributed by atoms with Crippen LogP contribution in [0.25, 0.3) is 0 Å². The molecule has 2 rings (SSSR count). The van der Waals surface area contributed by atoms with E-state index in [1.807, 2.05) is 0 Å². The highest BCUT2D eigenvalue weighted by Gasteiger charge is 2.28. The van der Waals surface area contributed by atoms with Crippen LogP contribution < -0.4 is 10.1 Å². The van der Waals surface area contributed by atoms with Gasteiger partial charge in [0.15, 0.2) is 0 Å². The maximum atomic E-state index is 6.14. The third-order valence-corrected chi connectivity index (χ3v) is 3.50. The van der Waals surface area contributed by atoms with Gasteiger partial charge in [-0.25, -0.2) is 0 Å². The molecule has 0 saturated carbocycles. The molecule has 1 N–H and O–H groups in total. The van der Waals surface area contributed by atoms with Crippen LogP contribution in [0.15, 0.2) is 18.2 Å². The van der Waals surface area contributed by atoms with Crippen molar-refractivity contribution < 1.29 is 4.74 Å². The molecule has 16 heavy (non-hydrogen) atoms. The number of hydrogen-bond acceptors (Lipinski definition) is 2. The van der Waals surface area contributed by atoms with Crippen molar-refractivity contribution in [3.8, 4) is 5.75 Å². The van der Waals surface area contributed by atoms with Gasteiger partial charge in [0.2, 0.25) is 0 Å². The molecule has 1 aromatic carbocycles. The van der Waals surface area contributed by atoms with Crippen LogP contribution in [0.1, 0.15) is 30.9 Å². The zero-order chi connectivity index (χ0) is 11.6. The minimum atomic E-state index is 0.00689. The molecule has 1 fully saturated rings. The van der Waals surface area contributed by atoms with E-state index in [-0.39, 0.29) is 5.60 Å². The number of hydrogen-bond donors (Lipinski definition) is 1. The monoisotopic (exact) mass is 219 g/mol. The van der Waals surface area contributed by atoms with Crippen LogP contribution in [0.2, 0.25) is 0 Å². The zero-order valence-electron chi connectivity index (χ0n) is 10.5. The van der Waals surface area contributed by atoms with Crippen molar-refractivity contribution in [3.63, 3.8) is 0 Å². The lowest BCUT2D eigenvalue weighted by Crippen LogP contribution is -2.43. The summed E-state index contributed by atoms with van der Waals surface area (Å²) in [6.45, 7) is 8.59. The lowest BCUT2D eigenvalue weighted by atomic mass is 9.94. The van der Waals surface area contributed by atoms with Gasteiger partial charge in [-0.05, 0) is 70.0 Å². The van der Waals surface area contributed by atoms with Gasteiger partial charge < -0.3 is 10.1 Å². The van der Waals surface area contributed by atoms with Crippen LogP contribution >= 0.6 is 0 Å². The van der Waals surface area contributed by atoms with Crippen molar-refractivity contribution >= 4 is 0 Å². The van der Waals surface area contributed by atoms with Crippen LogP contribution in [0.4, 0.5) is 0 Å². The van der Waals surface area contributed by atoms with Crippen molar-refractivity contribution in [2.24, 2.45) is 0 Å². The number of aryl methyl sites for hydroxylation is 2. The standard InChI is InChI=1S/C14H21NO/c1-11-4-5-13(10-12(11)2)16-14(3)6-8-15-9-7-14/h4-5,10,15H,6-9H2,1-3H3. The van der Waals surface area contributed by atoms with Crippen molar-refractivity contribution in [1.29, 1.82) is 0 Å². The molecule has 1 aliphatic rings. The molecule has 2 nitrogen and oxygen atoms in total. The first-order valence-electron chi connectivity index (χ1n) is 6.06. The van der Waals surface area contributed by atoms with Gasteiger partial charge in [0.05, 0.1) is 0 Å². The Morgan fingerprint density at radius 1 is 1.12 bits per heavy atom. The quantitative estimate of drug-likeness (QED) is 0.826. The average molecular weight is 219 g/mol. The molecule has 88 valence electrons. The van der Waals surface area contributed by atoms with E-state index in [0.29, 0.717) is 0 Å². The fourth-order valence-electron chi connectivity index (χ4n) is 2.12. The summed E-state index contributed by atoms with van der Waals surface area (Å²) in [4.78, 5) is 0. The molecule has 1 aliphatic heterocycles. The van der Waals surface area contributed by atoms with E-state index in [4.69, 9.17) is 4.74 Å². The van der Waals surface area contributed by atoms with Gasteiger partial charge in [-0.2, -0.15) is 0 Å². The highest BCUT2D eigenvalue weighted by atomic mass is 16.5. The number of piperidine rings is 1. The number of rotatable bonds is 2. The predicted octanol–water partition coefficient (Wildman–Crippen LogP) is 2.82. The Labute approximate surface area is 98.0 Å². The van der Waals surface area contributed by atoms with E-state index < -0.39 is 0 Å². The fourth-order valence-corrected chi connectivity index (χ4v) is 2.12. The highest BCUT2D eigenvalue weighted by Crippen LogP contribution is 2.27. The van der Waals surface area contributed by atoms with Crippen LogP contribution in [0, 0.1) is 13.8 Å². The second-order valence-corrected chi connectivity index (χ2v) is 5.05. The molecule has 0 aromatic heterocycles. The summed E-state index contributed by atoms with van der Waals surface area (Å²) in [5, 5.41) is 3.37. The summed E-state index contributed by atoms with van der Waals surface area (Å²) in [6, 6.07) is 6.35. The molecular weight excluding hydrogens is 198 g/mol. The van der Waals surface area contributed by atoms with Crippen molar-refractivity contribution in [2.75, 3.05) is 13.1 Å². The van der Waals surface area contributed by atoms with E-state index in [9.17, 15) is 0 Å². The second kappa shape index (κ2) is 4.46. The molecule has 0 spiro atoms. The van der Waals surface area contributed by atoms with Gasteiger partial charge in [0.1, 0.15) is 11.4 Å². The third-order valence-electron chi connectivity index (χ3n) is 3.50. The largest absolute Gasteiger partial charge is 0.487 e. The van der Waals surface area contributed by atoms with Crippen LogP contribution in [-0.4, -0.2) is 18.7 Å². The number of ether oxygens (including phenoxy) is 1. The van der Waals surface area contributed by atoms with Crippen LogP contribution in [0.3, 0.4) is 0 Å². The van der Waals surface area contributed by atoms with Gasteiger partial charge in [-0.15, -0.1) is 0 Å². The Morgan fingerprint density at radius 3 is 2.44 bits per heavy atom. The molecule has 0 unspecified atom stereocenters. The van der Waals surface area contributed by atoms with Gasteiger partial charge in [0, 0.05) is 0 Å². The SMILES string of the molecule is Cc1ccc(OC2(C)CCNCC2)cc1C. The van der Waals surface area contributed by atoms with Crippen LogP contribution in [0.5, 0.6) is 5.75 Å². The van der Waals surface area contributed by atoms with E-state index in [2.05, 4.69) is 44.3 Å². The summed E-state index contributed by atoms with van der Waals surface area (Å²) in [5.74, 6) is 1.01. The van der Waals surface area contributed by atoms with Gasteiger partial charge in [-0.1, -0.05) is 6.07 Å². The van der Waals surface area contributed by atoms with E-state index in [1.54, 1.807) is 0 Å². The first-order valence-corrected chi connectivity index (χ1v) is 6.06. The van der Waals surface area contributed by atoms with Crippen LogP contribution in [-0.2, 0) is 0 Å². The molecule has 0 radical (unpaired) electrons. The molecule has 1 aromatic rings. The van der Waals surface area contributed by atoms with Crippen molar-refractivity contribution in [3.05, 3.63) is 29.3 Å². The average Bonchev–Trinajstić information content (AvgIpc) is 2.24. The first-order chi connectivity index (χ1) is 7.59. The number of nitrogens with one attached hydrogen (secondary N) is 1. The minimum absolute atomic E-state index is 0.00689. The zero-order valence-corrected chi connectivity index (χ0v) is 10.5. The highest BCUT2D eigenvalue weighted by molar-refractivity contribution is 5.34. The summed E-state index contributed by atoms with van der Waals surface area (Å²) in [6.07, 6.45) is 2.17. The molecule has 0 aliphatic carbocycles. The Kier molecular flexibility index (Phi) is 3.20. The Balaban J connectivity index is 2.10. The number of benzene rings is 1. The smallest absolute Gasteiger partial charge is 0.120 e. The summed E-state index contributed by atoms with van der Waals surface area (Å²) >= 11 is 0. The normalized spacial score (nSPS) is 19.4. The maximum absolute atomic E-state index is 6.14. The summed E-state index contributed by atoms with van der Waals surface area (Å²) in [7, 11) is 0. The minimum Gasteiger partial charge on any atom is -0.487 e. The van der Waals surface area contributed by atoms with Crippen molar-refractivity contribution in [1.82, 2.24) is 5.32 Å². The Bertz CT molecular complexity index is 367. The van der Waals surface area contributed by atoms with Crippen molar-refractivity contribution in [2.45, 2.75) is 39.2 Å². The second-order valence-electron chi connectivity index (χ2n) is 5.05. The molecule has 0 atom stereocenters. The van der Waals surface area contributed by atoms with Gasteiger partial charge in [-0.3, -0.25) is 0 Å². The maximum Gasteiger partial charge on any atom is 0.120 e. The van der Waals surface area contributed by atoms with Gasteiger partial charge in [0.25, 0.3) is 0 Å². The van der Waals surface area contributed by atoms with E-state index in [1.165, 1.54) is 11.1 Å². The molecule has 2 heteroatoms. The first kappa shape index (κ1) is 11.5. The lowest BCUT2D eigenvalue weighted by Gasteiger charge is -2.34. The summed E-state index contributed by atoms with van der Waals surface area (Å²) < 4.78 is 6.14. The van der Waals surface area contributed by atoms with E-state index in [0.717, 1.165) is 31.7 Å². The predicted molar refractivity (Wildman–Crippen MR) is 67.1 cm³/mol. The molecular formula is C14H21NO.